The fourth-order valence-electron chi connectivity index (χ4n) is 1.54. The SMILES string of the molecule is CNCC(=O)Nc1cc(-c2nnco2)ccc1C. The smallest absolute Gasteiger partial charge is 0.247 e. The fourth-order valence-corrected chi connectivity index (χ4v) is 1.54. The third kappa shape index (κ3) is 2.72. The minimum atomic E-state index is -0.0942. The van der Waals surface area contributed by atoms with E-state index in [2.05, 4.69) is 20.8 Å². The van der Waals surface area contributed by atoms with Gasteiger partial charge in [-0.2, -0.15) is 0 Å². The van der Waals surface area contributed by atoms with Gasteiger partial charge in [0.1, 0.15) is 0 Å². The lowest BCUT2D eigenvalue weighted by Crippen LogP contribution is -2.25. The summed E-state index contributed by atoms with van der Waals surface area (Å²) >= 11 is 0. The average molecular weight is 246 g/mol. The van der Waals surface area contributed by atoms with Crippen molar-refractivity contribution in [2.45, 2.75) is 6.92 Å². The molecule has 0 fully saturated rings. The molecule has 0 aliphatic rings. The molecule has 1 aromatic heterocycles. The maximum atomic E-state index is 11.5. The molecule has 6 heteroatoms. The molecule has 2 N–H and O–H groups in total. The van der Waals surface area contributed by atoms with Gasteiger partial charge in [-0.05, 0) is 31.7 Å². The summed E-state index contributed by atoms with van der Waals surface area (Å²) in [6, 6.07) is 5.58. The molecule has 0 spiro atoms. The van der Waals surface area contributed by atoms with Crippen molar-refractivity contribution in [3.8, 4) is 11.5 Å². The lowest BCUT2D eigenvalue weighted by Gasteiger charge is -2.09. The monoisotopic (exact) mass is 246 g/mol. The molecule has 0 atom stereocenters. The van der Waals surface area contributed by atoms with Crippen LogP contribution in [0.3, 0.4) is 0 Å². The summed E-state index contributed by atoms with van der Waals surface area (Å²) in [5.74, 6) is 0.336. The summed E-state index contributed by atoms with van der Waals surface area (Å²) in [7, 11) is 1.72. The van der Waals surface area contributed by atoms with Crippen LogP contribution in [0.2, 0.25) is 0 Å². The predicted molar refractivity (Wildman–Crippen MR) is 67.0 cm³/mol. The van der Waals surface area contributed by atoms with Crippen LogP contribution < -0.4 is 10.6 Å². The zero-order valence-corrected chi connectivity index (χ0v) is 10.2. The number of nitrogens with one attached hydrogen (secondary N) is 2. The van der Waals surface area contributed by atoms with Crippen LogP contribution in [0.1, 0.15) is 5.56 Å². The molecule has 6 nitrogen and oxygen atoms in total. The van der Waals surface area contributed by atoms with Crippen LogP contribution in [-0.2, 0) is 4.79 Å². The Kier molecular flexibility index (Phi) is 3.69. The molecular weight excluding hydrogens is 232 g/mol. The molecule has 2 rings (SSSR count). The molecule has 0 saturated heterocycles. The van der Waals surface area contributed by atoms with Crippen molar-refractivity contribution in [1.29, 1.82) is 0 Å². The normalized spacial score (nSPS) is 10.3. The van der Waals surface area contributed by atoms with E-state index in [0.29, 0.717) is 5.89 Å². The topological polar surface area (TPSA) is 80.0 Å². The van der Waals surface area contributed by atoms with E-state index < -0.39 is 0 Å². The second-order valence-electron chi connectivity index (χ2n) is 3.85. The number of aromatic nitrogens is 2. The molecule has 0 bridgehead atoms. The Labute approximate surface area is 104 Å². The van der Waals surface area contributed by atoms with Gasteiger partial charge in [-0.3, -0.25) is 4.79 Å². The zero-order valence-electron chi connectivity index (χ0n) is 10.2. The summed E-state index contributed by atoms with van der Waals surface area (Å²) in [6.07, 6.45) is 1.27. The standard InChI is InChI=1S/C12H14N4O2/c1-8-3-4-9(12-16-14-7-18-12)5-10(8)15-11(17)6-13-2/h3-5,7,13H,6H2,1-2H3,(H,15,17). The Morgan fingerprint density at radius 1 is 1.44 bits per heavy atom. The van der Waals surface area contributed by atoms with Crippen molar-refractivity contribution >= 4 is 11.6 Å². The van der Waals surface area contributed by atoms with E-state index in [1.54, 1.807) is 7.05 Å². The van der Waals surface area contributed by atoms with Gasteiger partial charge in [0, 0.05) is 11.3 Å². The van der Waals surface area contributed by atoms with E-state index in [1.807, 2.05) is 25.1 Å². The van der Waals surface area contributed by atoms with Gasteiger partial charge in [0.2, 0.25) is 18.2 Å². The highest BCUT2D eigenvalue weighted by Crippen LogP contribution is 2.23. The highest BCUT2D eigenvalue weighted by Gasteiger charge is 2.08. The molecule has 0 unspecified atom stereocenters. The fraction of sp³-hybridized carbons (Fsp3) is 0.250. The van der Waals surface area contributed by atoms with Crippen molar-refractivity contribution in [3.63, 3.8) is 0 Å². The number of amides is 1. The van der Waals surface area contributed by atoms with Gasteiger partial charge in [-0.25, -0.2) is 0 Å². The van der Waals surface area contributed by atoms with E-state index in [0.717, 1.165) is 16.8 Å². The predicted octanol–water partition coefficient (Wildman–Crippen LogP) is 1.20. The third-order valence-corrected chi connectivity index (χ3v) is 2.46. The molecule has 0 aliphatic carbocycles. The first kappa shape index (κ1) is 12.3. The lowest BCUT2D eigenvalue weighted by molar-refractivity contribution is -0.115. The lowest BCUT2D eigenvalue weighted by atomic mass is 10.1. The molecule has 94 valence electrons. The Balaban J connectivity index is 2.24. The van der Waals surface area contributed by atoms with Crippen LogP contribution in [0.4, 0.5) is 5.69 Å². The second-order valence-corrected chi connectivity index (χ2v) is 3.85. The largest absolute Gasteiger partial charge is 0.423 e. The van der Waals surface area contributed by atoms with Crippen LogP contribution in [0.15, 0.2) is 29.0 Å². The number of carbonyl (C=O) groups is 1. The molecule has 18 heavy (non-hydrogen) atoms. The zero-order chi connectivity index (χ0) is 13.0. The molecule has 0 aliphatic heterocycles. The average Bonchev–Trinajstić information content (AvgIpc) is 2.86. The number of carbonyl (C=O) groups excluding carboxylic acids is 1. The van der Waals surface area contributed by atoms with Gasteiger partial charge in [0.05, 0.1) is 6.54 Å². The third-order valence-electron chi connectivity index (χ3n) is 2.46. The first-order valence-electron chi connectivity index (χ1n) is 5.52. The Hall–Kier alpha value is -2.21. The second kappa shape index (κ2) is 5.42. The van der Waals surface area contributed by atoms with Crippen molar-refractivity contribution < 1.29 is 9.21 Å². The van der Waals surface area contributed by atoms with Gasteiger partial charge in [-0.15, -0.1) is 10.2 Å². The van der Waals surface area contributed by atoms with Gasteiger partial charge in [0.15, 0.2) is 0 Å². The van der Waals surface area contributed by atoms with Gasteiger partial charge < -0.3 is 15.1 Å². The van der Waals surface area contributed by atoms with Crippen LogP contribution in [0.25, 0.3) is 11.5 Å². The summed E-state index contributed by atoms with van der Waals surface area (Å²) in [5, 5.41) is 13.1. The molecule has 2 aromatic rings. The summed E-state index contributed by atoms with van der Waals surface area (Å²) in [4.78, 5) is 11.5. The summed E-state index contributed by atoms with van der Waals surface area (Å²) in [6.45, 7) is 2.19. The number of nitrogens with zero attached hydrogens (tertiary/aromatic N) is 2. The molecule has 1 amide bonds. The van der Waals surface area contributed by atoms with Crippen molar-refractivity contribution in [2.75, 3.05) is 18.9 Å². The molecule has 0 radical (unpaired) electrons. The van der Waals surface area contributed by atoms with Crippen LogP contribution in [0.5, 0.6) is 0 Å². The Morgan fingerprint density at radius 3 is 2.94 bits per heavy atom. The van der Waals surface area contributed by atoms with Gasteiger partial charge in [-0.1, -0.05) is 6.07 Å². The summed E-state index contributed by atoms with van der Waals surface area (Å²) < 4.78 is 5.12. The first-order chi connectivity index (χ1) is 8.70. The van der Waals surface area contributed by atoms with E-state index >= 15 is 0 Å². The van der Waals surface area contributed by atoms with Crippen LogP contribution >= 0.6 is 0 Å². The number of rotatable bonds is 4. The van der Waals surface area contributed by atoms with Gasteiger partial charge >= 0.3 is 0 Å². The van der Waals surface area contributed by atoms with E-state index in [-0.39, 0.29) is 12.5 Å². The minimum absolute atomic E-state index is 0.0942. The highest BCUT2D eigenvalue weighted by molar-refractivity contribution is 5.93. The van der Waals surface area contributed by atoms with Crippen LogP contribution in [0, 0.1) is 6.92 Å². The number of anilines is 1. The molecule has 1 aromatic carbocycles. The van der Waals surface area contributed by atoms with E-state index in [1.165, 1.54) is 6.39 Å². The molecular formula is C12H14N4O2. The maximum absolute atomic E-state index is 11.5. The maximum Gasteiger partial charge on any atom is 0.247 e. The van der Waals surface area contributed by atoms with E-state index in [4.69, 9.17) is 4.42 Å². The first-order valence-corrected chi connectivity index (χ1v) is 5.52. The number of hydrogen-bond acceptors (Lipinski definition) is 5. The van der Waals surface area contributed by atoms with E-state index in [9.17, 15) is 4.79 Å². The quantitative estimate of drug-likeness (QED) is 0.847. The minimum Gasteiger partial charge on any atom is -0.423 e. The number of aryl methyl sites for hydroxylation is 1. The van der Waals surface area contributed by atoms with Crippen molar-refractivity contribution in [1.82, 2.24) is 15.5 Å². The number of hydrogen-bond donors (Lipinski definition) is 2. The van der Waals surface area contributed by atoms with Gasteiger partial charge in [0.25, 0.3) is 0 Å². The Bertz CT molecular complexity index is 537. The van der Waals surface area contributed by atoms with Crippen molar-refractivity contribution in [3.05, 3.63) is 30.2 Å². The molecule has 1 heterocycles. The molecule has 0 saturated carbocycles. The highest BCUT2D eigenvalue weighted by atomic mass is 16.4. The van der Waals surface area contributed by atoms with Crippen LogP contribution in [-0.4, -0.2) is 29.7 Å². The number of likely N-dealkylation sites (N-methyl/N-ethyl adjacent to an activating group) is 1. The Morgan fingerprint density at radius 2 is 2.28 bits per heavy atom. The number of benzene rings is 1. The summed E-state index contributed by atoms with van der Waals surface area (Å²) in [5.41, 5.74) is 2.49. The van der Waals surface area contributed by atoms with Crippen molar-refractivity contribution in [2.24, 2.45) is 0 Å².